The van der Waals surface area contributed by atoms with Gasteiger partial charge in [-0.25, -0.2) is 24.1 Å². The van der Waals surface area contributed by atoms with Gasteiger partial charge in [-0.15, -0.1) is 0 Å². The highest BCUT2D eigenvalue weighted by Gasteiger charge is 2.32. The molecular weight excluding hydrogens is 504 g/mol. The van der Waals surface area contributed by atoms with Gasteiger partial charge < -0.3 is 20.7 Å². The van der Waals surface area contributed by atoms with Crippen LogP contribution in [0.2, 0.25) is 0 Å². The summed E-state index contributed by atoms with van der Waals surface area (Å²) in [6.07, 6.45) is 1.83. The van der Waals surface area contributed by atoms with Crippen LogP contribution in [0.3, 0.4) is 0 Å². The highest BCUT2D eigenvalue weighted by molar-refractivity contribution is 5.90. The first-order valence-electron chi connectivity index (χ1n) is 11.6. The summed E-state index contributed by atoms with van der Waals surface area (Å²) in [5.41, 5.74) is 0.0904. The molecule has 2 unspecified atom stereocenters. The molecule has 1 aliphatic rings. The number of amides is 2. The standard InChI is InChI=1S/C26H24F4N6O2/c1-14-15(2)22(38-23-17(5-4-11-32-23)20-10-12-33-24(31-3)34-20)9-8-19(14)35-25(37)36-21-13-16(26(28,29)30)6-7-18(21)27/h4-15H,1-3H3,(H,31,33,34)(H2,35,36,37). The molecular formula is C26H24F4N6O2. The Labute approximate surface area is 215 Å². The van der Waals surface area contributed by atoms with E-state index >= 15 is 0 Å². The van der Waals surface area contributed by atoms with E-state index in [1.54, 1.807) is 43.7 Å². The molecule has 8 nitrogen and oxygen atoms in total. The van der Waals surface area contributed by atoms with Crippen LogP contribution in [0.4, 0.5) is 34.0 Å². The van der Waals surface area contributed by atoms with Crippen LogP contribution in [-0.2, 0) is 6.18 Å². The number of benzene rings is 1. The molecule has 1 aromatic carbocycles. The van der Waals surface area contributed by atoms with Gasteiger partial charge in [0.1, 0.15) is 11.6 Å². The molecule has 0 saturated carbocycles. The molecule has 0 aliphatic heterocycles. The van der Waals surface area contributed by atoms with Crippen LogP contribution in [0.1, 0.15) is 19.4 Å². The fourth-order valence-corrected chi connectivity index (χ4v) is 3.76. The predicted octanol–water partition coefficient (Wildman–Crippen LogP) is 5.99. The molecule has 0 fully saturated rings. The number of alkyl halides is 3. The van der Waals surface area contributed by atoms with Gasteiger partial charge in [0.15, 0.2) is 0 Å². The number of aromatic nitrogens is 3. The first-order valence-corrected chi connectivity index (χ1v) is 11.6. The lowest BCUT2D eigenvalue weighted by atomic mass is 9.87. The number of urea groups is 1. The SMILES string of the molecule is CNc1nccc(-c2cccnc2OC2=CC=C(NC(=O)Nc3cc(C(F)(F)F)ccc3F)C(C)C2C)n1. The average molecular weight is 529 g/mol. The van der Waals surface area contributed by atoms with Crippen LogP contribution in [-0.4, -0.2) is 28.0 Å². The summed E-state index contributed by atoms with van der Waals surface area (Å²) in [7, 11) is 1.71. The molecule has 2 amide bonds. The summed E-state index contributed by atoms with van der Waals surface area (Å²) in [4.78, 5) is 25.4. The third kappa shape index (κ3) is 5.90. The summed E-state index contributed by atoms with van der Waals surface area (Å²) in [5, 5.41) is 7.62. The van der Waals surface area contributed by atoms with Crippen molar-refractivity contribution in [1.29, 1.82) is 0 Å². The summed E-state index contributed by atoms with van der Waals surface area (Å²) in [6.45, 7) is 3.74. The molecule has 4 rings (SSSR count). The van der Waals surface area contributed by atoms with E-state index in [1.807, 2.05) is 19.9 Å². The van der Waals surface area contributed by atoms with E-state index in [0.29, 0.717) is 52.7 Å². The van der Waals surface area contributed by atoms with Gasteiger partial charge in [-0.2, -0.15) is 13.2 Å². The van der Waals surface area contributed by atoms with Crippen molar-refractivity contribution in [3.8, 4) is 17.1 Å². The monoisotopic (exact) mass is 528 g/mol. The van der Waals surface area contributed by atoms with Crippen LogP contribution < -0.4 is 20.7 Å². The largest absolute Gasteiger partial charge is 0.442 e. The van der Waals surface area contributed by atoms with Crippen molar-refractivity contribution in [2.75, 3.05) is 17.7 Å². The number of anilines is 2. The Bertz CT molecular complexity index is 1410. The quantitative estimate of drug-likeness (QED) is 0.340. The summed E-state index contributed by atoms with van der Waals surface area (Å²) in [5.74, 6) is -0.100. The van der Waals surface area contributed by atoms with Crippen molar-refractivity contribution in [1.82, 2.24) is 20.3 Å². The average Bonchev–Trinajstić information content (AvgIpc) is 2.89. The van der Waals surface area contributed by atoms with Gasteiger partial charge in [0.05, 0.1) is 22.5 Å². The second-order valence-corrected chi connectivity index (χ2v) is 8.51. The van der Waals surface area contributed by atoms with E-state index in [2.05, 4.69) is 30.9 Å². The van der Waals surface area contributed by atoms with Crippen LogP contribution in [0.15, 0.2) is 72.4 Å². The van der Waals surface area contributed by atoms with Crippen molar-refractivity contribution in [3.63, 3.8) is 0 Å². The molecule has 2 atom stereocenters. The number of hydrogen-bond donors (Lipinski definition) is 3. The summed E-state index contributed by atoms with van der Waals surface area (Å²) >= 11 is 0. The maximum atomic E-state index is 14.0. The van der Waals surface area contributed by atoms with Crippen LogP contribution >= 0.6 is 0 Å². The molecule has 1 aliphatic carbocycles. The summed E-state index contributed by atoms with van der Waals surface area (Å²) in [6, 6.07) is 6.25. The number of hydrogen-bond acceptors (Lipinski definition) is 6. The molecule has 2 aromatic heterocycles. The number of carbonyl (C=O) groups excluding carboxylic acids is 1. The minimum atomic E-state index is -4.67. The lowest BCUT2D eigenvalue weighted by Gasteiger charge is -2.28. The maximum Gasteiger partial charge on any atom is 0.416 e. The zero-order chi connectivity index (χ0) is 27.4. The van der Waals surface area contributed by atoms with Crippen molar-refractivity contribution in [2.45, 2.75) is 20.0 Å². The zero-order valence-electron chi connectivity index (χ0n) is 20.6. The van der Waals surface area contributed by atoms with Gasteiger partial charge >= 0.3 is 12.2 Å². The van der Waals surface area contributed by atoms with Crippen LogP contribution in [0.5, 0.6) is 5.88 Å². The van der Waals surface area contributed by atoms with Gasteiger partial charge in [0, 0.05) is 37.0 Å². The summed E-state index contributed by atoms with van der Waals surface area (Å²) < 4.78 is 59.1. The number of ether oxygens (including phenoxy) is 1. The first kappa shape index (κ1) is 26.6. The van der Waals surface area contributed by atoms with Crippen molar-refractivity contribution in [2.24, 2.45) is 11.8 Å². The minimum absolute atomic E-state index is 0.214. The van der Waals surface area contributed by atoms with Crippen LogP contribution in [0, 0.1) is 17.7 Å². The Morgan fingerprint density at radius 2 is 1.79 bits per heavy atom. The van der Waals surface area contributed by atoms with Gasteiger partial charge in [-0.1, -0.05) is 13.8 Å². The molecule has 198 valence electrons. The number of allylic oxidation sites excluding steroid dienone is 4. The van der Waals surface area contributed by atoms with Crippen molar-refractivity contribution in [3.05, 3.63) is 83.8 Å². The fourth-order valence-electron chi connectivity index (χ4n) is 3.76. The fraction of sp³-hybridized carbons (Fsp3) is 0.231. The molecule has 0 bridgehead atoms. The lowest BCUT2D eigenvalue weighted by molar-refractivity contribution is -0.137. The van der Waals surface area contributed by atoms with Gasteiger partial charge in [0.25, 0.3) is 0 Å². The first-order chi connectivity index (χ1) is 18.1. The molecule has 0 spiro atoms. The lowest BCUT2D eigenvalue weighted by Crippen LogP contribution is -2.34. The molecule has 0 saturated heterocycles. The molecule has 0 radical (unpaired) electrons. The van der Waals surface area contributed by atoms with E-state index < -0.39 is 29.3 Å². The topological polar surface area (TPSA) is 101 Å². The molecule has 2 heterocycles. The van der Waals surface area contributed by atoms with E-state index in [-0.39, 0.29) is 11.8 Å². The second-order valence-electron chi connectivity index (χ2n) is 8.51. The van der Waals surface area contributed by atoms with Gasteiger partial charge in [0.2, 0.25) is 11.8 Å². The van der Waals surface area contributed by atoms with E-state index in [4.69, 9.17) is 4.74 Å². The Morgan fingerprint density at radius 3 is 2.53 bits per heavy atom. The van der Waals surface area contributed by atoms with Crippen molar-refractivity contribution >= 4 is 17.7 Å². The number of carbonyl (C=O) groups is 1. The molecule has 12 heteroatoms. The minimum Gasteiger partial charge on any atom is -0.442 e. The third-order valence-corrected chi connectivity index (χ3v) is 6.06. The smallest absolute Gasteiger partial charge is 0.416 e. The Morgan fingerprint density at radius 1 is 1.00 bits per heavy atom. The second kappa shape index (κ2) is 10.9. The normalized spacial score (nSPS) is 17.2. The van der Waals surface area contributed by atoms with Gasteiger partial charge in [-0.05, 0) is 48.6 Å². The highest BCUT2D eigenvalue weighted by atomic mass is 19.4. The number of halogens is 4. The number of rotatable bonds is 6. The van der Waals surface area contributed by atoms with Crippen molar-refractivity contribution < 1.29 is 27.1 Å². The predicted molar refractivity (Wildman–Crippen MR) is 133 cm³/mol. The Balaban J connectivity index is 1.51. The number of pyridine rings is 1. The van der Waals surface area contributed by atoms with Gasteiger partial charge in [-0.3, -0.25) is 0 Å². The zero-order valence-corrected chi connectivity index (χ0v) is 20.6. The number of nitrogens with zero attached hydrogens (tertiary/aromatic N) is 3. The third-order valence-electron chi connectivity index (χ3n) is 6.06. The Hall–Kier alpha value is -4.48. The van der Waals surface area contributed by atoms with E-state index in [9.17, 15) is 22.4 Å². The van der Waals surface area contributed by atoms with E-state index in [0.717, 1.165) is 0 Å². The van der Waals surface area contributed by atoms with Crippen LogP contribution in [0.25, 0.3) is 11.3 Å². The maximum absolute atomic E-state index is 14.0. The molecule has 3 N–H and O–H groups in total. The highest BCUT2D eigenvalue weighted by Crippen LogP contribution is 2.35. The molecule has 3 aromatic rings. The molecule has 38 heavy (non-hydrogen) atoms. The number of nitrogens with one attached hydrogen (secondary N) is 3. The van der Waals surface area contributed by atoms with E-state index in [1.165, 1.54) is 0 Å². The Kier molecular flexibility index (Phi) is 7.60.